The van der Waals surface area contributed by atoms with Crippen LogP contribution >= 0.6 is 27.7 Å². The summed E-state index contributed by atoms with van der Waals surface area (Å²) in [5.74, 6) is 0.104. The Kier molecular flexibility index (Phi) is 7.34. The minimum atomic E-state index is -0.315. The number of thioether (sulfide) groups is 1. The Balaban J connectivity index is 1.72. The second-order valence-electron chi connectivity index (χ2n) is 5.08. The summed E-state index contributed by atoms with van der Waals surface area (Å²) in [4.78, 5) is 24.8. The van der Waals surface area contributed by atoms with Crippen molar-refractivity contribution in [1.82, 2.24) is 10.9 Å². The van der Waals surface area contributed by atoms with Gasteiger partial charge in [-0.25, -0.2) is 0 Å². The molecule has 2 N–H and O–H groups in total. The number of nitrogens with one attached hydrogen (secondary N) is 2. The molecule has 0 aliphatic heterocycles. The second-order valence-corrected chi connectivity index (χ2v) is 7.07. The number of benzene rings is 2. The quantitative estimate of drug-likeness (QED) is 0.563. The van der Waals surface area contributed by atoms with E-state index >= 15 is 0 Å². The van der Waals surface area contributed by atoms with Gasteiger partial charge in [0, 0.05) is 27.1 Å². The lowest BCUT2D eigenvalue weighted by Gasteiger charge is -2.08. The minimum Gasteiger partial charge on any atom is -0.273 e. The van der Waals surface area contributed by atoms with E-state index in [0.29, 0.717) is 17.7 Å². The van der Waals surface area contributed by atoms with Crippen LogP contribution in [0.4, 0.5) is 0 Å². The molecule has 2 rings (SSSR count). The fourth-order valence-electron chi connectivity index (χ4n) is 1.97. The zero-order valence-electron chi connectivity index (χ0n) is 13.3. The van der Waals surface area contributed by atoms with E-state index in [2.05, 4.69) is 33.7 Å². The summed E-state index contributed by atoms with van der Waals surface area (Å²) >= 11 is 5.06. The lowest BCUT2D eigenvalue weighted by molar-refractivity contribution is -0.121. The van der Waals surface area contributed by atoms with E-state index < -0.39 is 0 Å². The van der Waals surface area contributed by atoms with Crippen LogP contribution < -0.4 is 10.9 Å². The van der Waals surface area contributed by atoms with Crippen molar-refractivity contribution in [2.75, 3.05) is 5.75 Å². The van der Waals surface area contributed by atoms with Gasteiger partial charge in [0.1, 0.15) is 0 Å². The molecular formula is C18H19BrN2O2S. The molecule has 126 valence electrons. The average molecular weight is 407 g/mol. The van der Waals surface area contributed by atoms with Gasteiger partial charge in [-0.05, 0) is 52.2 Å². The predicted octanol–water partition coefficient (Wildman–Crippen LogP) is 3.95. The highest BCUT2D eigenvalue weighted by molar-refractivity contribution is 9.10. The van der Waals surface area contributed by atoms with Crippen molar-refractivity contribution in [3.63, 3.8) is 0 Å². The van der Waals surface area contributed by atoms with Crippen molar-refractivity contribution in [2.45, 2.75) is 24.7 Å². The molecule has 0 atom stereocenters. The van der Waals surface area contributed by atoms with Crippen LogP contribution in [0, 0.1) is 0 Å². The van der Waals surface area contributed by atoms with Crippen LogP contribution in [0.15, 0.2) is 57.9 Å². The van der Waals surface area contributed by atoms with Crippen molar-refractivity contribution in [3.8, 4) is 0 Å². The monoisotopic (exact) mass is 406 g/mol. The number of hydrogen-bond acceptors (Lipinski definition) is 3. The Bertz CT molecular complexity index is 704. The predicted molar refractivity (Wildman–Crippen MR) is 101 cm³/mol. The molecule has 0 fully saturated rings. The van der Waals surface area contributed by atoms with Gasteiger partial charge in [-0.1, -0.05) is 31.2 Å². The van der Waals surface area contributed by atoms with Gasteiger partial charge in [-0.3, -0.25) is 20.4 Å². The van der Waals surface area contributed by atoms with Crippen LogP contribution in [0.25, 0.3) is 0 Å². The van der Waals surface area contributed by atoms with Crippen LogP contribution in [-0.4, -0.2) is 17.6 Å². The van der Waals surface area contributed by atoms with Crippen LogP contribution in [0.1, 0.15) is 29.3 Å². The SMILES string of the molecule is CCc1ccc(C(=O)NNC(=O)CCSc2ccccc2Br)cc1. The summed E-state index contributed by atoms with van der Waals surface area (Å²) in [5.41, 5.74) is 6.58. The molecule has 0 radical (unpaired) electrons. The van der Waals surface area contributed by atoms with Crippen LogP contribution in [0.3, 0.4) is 0 Å². The van der Waals surface area contributed by atoms with E-state index in [1.165, 1.54) is 5.56 Å². The number of aryl methyl sites for hydroxylation is 1. The summed E-state index contributed by atoms with van der Waals surface area (Å²) in [6.07, 6.45) is 1.24. The molecule has 0 saturated carbocycles. The zero-order chi connectivity index (χ0) is 17.4. The molecule has 0 aliphatic carbocycles. The van der Waals surface area contributed by atoms with Gasteiger partial charge in [-0.2, -0.15) is 0 Å². The van der Waals surface area contributed by atoms with Gasteiger partial charge in [0.2, 0.25) is 5.91 Å². The summed E-state index contributed by atoms with van der Waals surface area (Å²) in [5, 5.41) is 0. The Morgan fingerprint density at radius 1 is 1.04 bits per heavy atom. The number of rotatable bonds is 6. The second kappa shape index (κ2) is 9.49. The largest absolute Gasteiger partial charge is 0.273 e. The molecule has 0 saturated heterocycles. The molecule has 4 nitrogen and oxygen atoms in total. The summed E-state index contributed by atoms with van der Waals surface area (Å²) < 4.78 is 1.01. The van der Waals surface area contributed by atoms with E-state index in [1.807, 2.05) is 36.4 Å². The topological polar surface area (TPSA) is 58.2 Å². The zero-order valence-corrected chi connectivity index (χ0v) is 15.7. The van der Waals surface area contributed by atoms with E-state index in [-0.39, 0.29) is 11.8 Å². The van der Waals surface area contributed by atoms with Gasteiger partial charge in [-0.15, -0.1) is 11.8 Å². The Morgan fingerprint density at radius 3 is 2.42 bits per heavy atom. The normalized spacial score (nSPS) is 10.2. The fourth-order valence-corrected chi connectivity index (χ4v) is 3.48. The molecule has 2 amide bonds. The Morgan fingerprint density at radius 2 is 1.75 bits per heavy atom. The van der Waals surface area contributed by atoms with E-state index in [1.54, 1.807) is 23.9 Å². The number of halogens is 1. The number of carbonyl (C=O) groups excluding carboxylic acids is 2. The number of carbonyl (C=O) groups is 2. The van der Waals surface area contributed by atoms with Crippen molar-refractivity contribution in [1.29, 1.82) is 0 Å². The average Bonchev–Trinajstić information content (AvgIpc) is 2.61. The third-order valence-corrected chi connectivity index (χ3v) is 5.39. The van der Waals surface area contributed by atoms with Gasteiger partial charge in [0.15, 0.2) is 0 Å². The molecule has 0 bridgehead atoms. The number of hydrogen-bond donors (Lipinski definition) is 2. The molecule has 2 aromatic rings. The number of hydrazine groups is 1. The molecule has 0 heterocycles. The standard InChI is InChI=1S/C18H19BrN2O2S/c1-2-13-7-9-14(10-8-13)18(23)21-20-17(22)11-12-24-16-6-4-3-5-15(16)19/h3-10H,2,11-12H2,1H3,(H,20,22)(H,21,23). The highest BCUT2D eigenvalue weighted by atomic mass is 79.9. The van der Waals surface area contributed by atoms with E-state index in [4.69, 9.17) is 0 Å². The van der Waals surface area contributed by atoms with Crippen LogP contribution in [-0.2, 0) is 11.2 Å². The third-order valence-electron chi connectivity index (χ3n) is 3.36. The van der Waals surface area contributed by atoms with Crippen molar-refractivity contribution < 1.29 is 9.59 Å². The molecule has 6 heteroatoms. The van der Waals surface area contributed by atoms with Crippen molar-refractivity contribution >= 4 is 39.5 Å². The summed E-state index contributed by atoms with van der Waals surface area (Å²) in [7, 11) is 0. The summed E-state index contributed by atoms with van der Waals surface area (Å²) in [6, 6.07) is 15.2. The lowest BCUT2D eigenvalue weighted by Crippen LogP contribution is -2.41. The Hall–Kier alpha value is -1.79. The minimum absolute atomic E-state index is 0.215. The maximum absolute atomic E-state index is 12.0. The highest BCUT2D eigenvalue weighted by Crippen LogP contribution is 2.27. The Labute approximate surface area is 154 Å². The molecule has 2 aromatic carbocycles. The first-order valence-corrected chi connectivity index (χ1v) is 9.43. The maximum atomic E-state index is 12.0. The fraction of sp³-hybridized carbons (Fsp3) is 0.222. The van der Waals surface area contributed by atoms with Crippen LogP contribution in [0.2, 0.25) is 0 Å². The molecule has 0 aliphatic rings. The first kappa shape index (κ1) is 18.5. The van der Waals surface area contributed by atoms with Crippen LogP contribution in [0.5, 0.6) is 0 Å². The first-order chi connectivity index (χ1) is 11.6. The number of amides is 2. The van der Waals surface area contributed by atoms with Gasteiger partial charge in [0.05, 0.1) is 0 Å². The summed E-state index contributed by atoms with van der Waals surface area (Å²) in [6.45, 7) is 2.06. The molecular weight excluding hydrogens is 388 g/mol. The van der Waals surface area contributed by atoms with Gasteiger partial charge in [0.25, 0.3) is 5.91 Å². The molecule has 0 spiro atoms. The van der Waals surface area contributed by atoms with E-state index in [0.717, 1.165) is 15.8 Å². The maximum Gasteiger partial charge on any atom is 0.269 e. The van der Waals surface area contributed by atoms with Gasteiger partial charge < -0.3 is 0 Å². The van der Waals surface area contributed by atoms with Crippen molar-refractivity contribution in [2.24, 2.45) is 0 Å². The van der Waals surface area contributed by atoms with Crippen molar-refractivity contribution in [3.05, 3.63) is 64.1 Å². The van der Waals surface area contributed by atoms with E-state index in [9.17, 15) is 9.59 Å². The van der Waals surface area contributed by atoms with Gasteiger partial charge >= 0.3 is 0 Å². The first-order valence-electron chi connectivity index (χ1n) is 7.65. The molecule has 24 heavy (non-hydrogen) atoms. The lowest BCUT2D eigenvalue weighted by atomic mass is 10.1. The molecule has 0 unspecified atom stereocenters. The third kappa shape index (κ3) is 5.69. The smallest absolute Gasteiger partial charge is 0.269 e. The molecule has 0 aromatic heterocycles. The highest BCUT2D eigenvalue weighted by Gasteiger charge is 2.08.